The Morgan fingerprint density at radius 2 is 1.95 bits per heavy atom. The number of carboxylic acid groups (broad SMARTS) is 1. The van der Waals surface area contributed by atoms with Gasteiger partial charge in [-0.1, -0.05) is 45.4 Å². The maximum Gasteiger partial charge on any atom is 0.344 e. The third kappa shape index (κ3) is 7.21. The molecule has 1 unspecified atom stereocenters. The first-order valence-electron chi connectivity index (χ1n) is 7.17. The Morgan fingerprint density at radius 1 is 1.26 bits per heavy atom. The van der Waals surface area contributed by atoms with Gasteiger partial charge in [-0.05, 0) is 30.4 Å². The molecule has 1 N–H and O–H groups in total. The number of hydrogen-bond acceptors (Lipinski definition) is 3. The lowest BCUT2D eigenvalue weighted by atomic mass is 10.1. The molecule has 0 aliphatic heterocycles. The monoisotopic (exact) mass is 284 g/mol. The van der Waals surface area contributed by atoms with Crippen LogP contribution in [0.4, 0.5) is 0 Å². The minimum absolute atomic E-state index is 0.598. The average Bonchev–Trinajstić information content (AvgIpc) is 2.89. The Morgan fingerprint density at radius 3 is 2.53 bits per heavy atom. The molecule has 0 amide bonds. The zero-order chi connectivity index (χ0) is 13.9. The van der Waals surface area contributed by atoms with Gasteiger partial charge >= 0.3 is 5.97 Å². The quantitative estimate of drug-likeness (QED) is 0.598. The van der Waals surface area contributed by atoms with Crippen LogP contribution in [0.2, 0.25) is 0 Å². The summed E-state index contributed by atoms with van der Waals surface area (Å²) < 4.78 is 5.48. The van der Waals surface area contributed by atoms with Crippen LogP contribution in [0.5, 0.6) is 5.06 Å². The molecule has 0 fully saturated rings. The summed E-state index contributed by atoms with van der Waals surface area (Å²) in [6.45, 7) is 2.21. The van der Waals surface area contributed by atoms with E-state index in [1.807, 2.05) is 17.5 Å². The van der Waals surface area contributed by atoms with Crippen LogP contribution < -0.4 is 4.74 Å². The van der Waals surface area contributed by atoms with Gasteiger partial charge in [0.1, 0.15) is 0 Å². The van der Waals surface area contributed by atoms with E-state index in [1.54, 1.807) is 0 Å². The second-order valence-electron chi connectivity index (χ2n) is 4.79. The minimum atomic E-state index is -0.862. The zero-order valence-electron chi connectivity index (χ0n) is 11.6. The van der Waals surface area contributed by atoms with Crippen molar-refractivity contribution in [3.8, 4) is 5.06 Å². The van der Waals surface area contributed by atoms with E-state index < -0.39 is 12.1 Å². The Bertz CT molecular complexity index is 335. The van der Waals surface area contributed by atoms with E-state index in [0.29, 0.717) is 11.5 Å². The van der Waals surface area contributed by atoms with Gasteiger partial charge in [0, 0.05) is 0 Å². The van der Waals surface area contributed by atoms with Crippen molar-refractivity contribution in [1.29, 1.82) is 0 Å². The summed E-state index contributed by atoms with van der Waals surface area (Å²) in [6, 6.07) is 3.68. The molecule has 0 radical (unpaired) electrons. The molecular formula is C15H24O3S. The van der Waals surface area contributed by atoms with Crippen LogP contribution in [-0.2, 0) is 4.79 Å². The predicted molar refractivity (Wildman–Crippen MR) is 79.0 cm³/mol. The van der Waals surface area contributed by atoms with Crippen molar-refractivity contribution < 1.29 is 14.6 Å². The number of hydrogen-bond donors (Lipinski definition) is 1. The summed E-state index contributed by atoms with van der Waals surface area (Å²) in [6.07, 6.45) is 8.24. The van der Waals surface area contributed by atoms with E-state index in [4.69, 9.17) is 9.84 Å². The SMILES string of the molecule is CCCCCCCCCC(Oc1cccs1)C(=O)O. The van der Waals surface area contributed by atoms with E-state index in [0.717, 1.165) is 12.8 Å². The van der Waals surface area contributed by atoms with Crippen molar-refractivity contribution in [1.82, 2.24) is 0 Å². The van der Waals surface area contributed by atoms with Crippen molar-refractivity contribution in [2.75, 3.05) is 0 Å². The number of thiophene rings is 1. The second kappa shape index (κ2) is 9.84. The summed E-state index contributed by atoms with van der Waals surface area (Å²) in [5.41, 5.74) is 0. The molecule has 0 bridgehead atoms. The normalized spacial score (nSPS) is 12.3. The van der Waals surface area contributed by atoms with Crippen molar-refractivity contribution in [2.24, 2.45) is 0 Å². The van der Waals surface area contributed by atoms with Gasteiger partial charge in [0.2, 0.25) is 0 Å². The fourth-order valence-corrected chi connectivity index (χ4v) is 2.61. The highest BCUT2D eigenvalue weighted by Gasteiger charge is 2.19. The van der Waals surface area contributed by atoms with Crippen LogP contribution in [0, 0.1) is 0 Å². The lowest BCUT2D eigenvalue weighted by Gasteiger charge is -2.13. The van der Waals surface area contributed by atoms with Gasteiger partial charge in [-0.3, -0.25) is 0 Å². The van der Waals surface area contributed by atoms with E-state index in [1.165, 1.54) is 43.4 Å². The number of carboxylic acids is 1. The number of aliphatic carboxylic acids is 1. The topological polar surface area (TPSA) is 46.5 Å². The molecule has 108 valence electrons. The predicted octanol–water partition coefficient (Wildman–Crippen LogP) is 4.72. The standard InChI is InChI=1S/C15H24O3S/c1-2-3-4-5-6-7-8-10-13(15(16)17)18-14-11-9-12-19-14/h9,11-13H,2-8,10H2,1H3,(H,16,17). The van der Waals surface area contributed by atoms with Gasteiger partial charge in [-0.25, -0.2) is 4.79 Å². The molecule has 1 aromatic rings. The first-order valence-corrected chi connectivity index (χ1v) is 8.05. The number of unbranched alkanes of at least 4 members (excludes halogenated alkanes) is 6. The second-order valence-corrected chi connectivity index (χ2v) is 5.70. The lowest BCUT2D eigenvalue weighted by Crippen LogP contribution is -2.26. The molecule has 0 spiro atoms. The minimum Gasteiger partial charge on any atom is -0.479 e. The van der Waals surface area contributed by atoms with Crippen LogP contribution in [-0.4, -0.2) is 17.2 Å². The highest BCUT2D eigenvalue weighted by atomic mass is 32.1. The number of ether oxygens (including phenoxy) is 1. The van der Waals surface area contributed by atoms with Crippen LogP contribution in [0.15, 0.2) is 17.5 Å². The lowest BCUT2D eigenvalue weighted by molar-refractivity contribution is -0.145. The average molecular weight is 284 g/mol. The van der Waals surface area contributed by atoms with Crippen LogP contribution in [0.25, 0.3) is 0 Å². The van der Waals surface area contributed by atoms with Crippen molar-refractivity contribution in [3.05, 3.63) is 17.5 Å². The molecule has 3 nitrogen and oxygen atoms in total. The Hall–Kier alpha value is -1.03. The van der Waals surface area contributed by atoms with Gasteiger partial charge in [-0.15, -0.1) is 11.3 Å². The first-order chi connectivity index (χ1) is 9.24. The molecule has 0 aromatic carbocycles. The highest BCUT2D eigenvalue weighted by Crippen LogP contribution is 2.21. The molecule has 19 heavy (non-hydrogen) atoms. The van der Waals surface area contributed by atoms with E-state index in [-0.39, 0.29) is 0 Å². The molecular weight excluding hydrogens is 260 g/mol. The van der Waals surface area contributed by atoms with Crippen LogP contribution in [0.3, 0.4) is 0 Å². The summed E-state index contributed by atoms with van der Waals surface area (Å²) in [7, 11) is 0. The fraction of sp³-hybridized carbons (Fsp3) is 0.667. The summed E-state index contributed by atoms with van der Waals surface area (Å²) in [5, 5.41) is 11.7. The van der Waals surface area contributed by atoms with E-state index in [9.17, 15) is 4.79 Å². The summed E-state index contributed by atoms with van der Waals surface area (Å²) >= 11 is 1.44. The third-order valence-electron chi connectivity index (χ3n) is 3.10. The van der Waals surface area contributed by atoms with Gasteiger partial charge < -0.3 is 9.84 Å². The van der Waals surface area contributed by atoms with Crippen LogP contribution in [0.1, 0.15) is 58.3 Å². The Kier molecular flexibility index (Phi) is 8.30. The summed E-state index contributed by atoms with van der Waals surface area (Å²) in [5.74, 6) is -0.862. The first kappa shape index (κ1) is 16.0. The Balaban J connectivity index is 2.14. The third-order valence-corrected chi connectivity index (χ3v) is 3.86. The molecule has 0 aliphatic carbocycles. The molecule has 1 atom stereocenters. The van der Waals surface area contributed by atoms with E-state index in [2.05, 4.69) is 6.92 Å². The number of carbonyl (C=O) groups is 1. The van der Waals surface area contributed by atoms with Gasteiger partial charge in [-0.2, -0.15) is 0 Å². The molecule has 1 rings (SSSR count). The van der Waals surface area contributed by atoms with E-state index >= 15 is 0 Å². The largest absolute Gasteiger partial charge is 0.479 e. The Labute approximate surface area is 119 Å². The molecule has 1 aromatic heterocycles. The van der Waals surface area contributed by atoms with Crippen molar-refractivity contribution in [3.63, 3.8) is 0 Å². The van der Waals surface area contributed by atoms with Crippen LogP contribution >= 0.6 is 11.3 Å². The fourth-order valence-electron chi connectivity index (χ4n) is 1.99. The summed E-state index contributed by atoms with van der Waals surface area (Å²) in [4.78, 5) is 11.1. The number of rotatable bonds is 11. The van der Waals surface area contributed by atoms with Crippen molar-refractivity contribution in [2.45, 2.75) is 64.4 Å². The van der Waals surface area contributed by atoms with Gasteiger partial charge in [0.15, 0.2) is 11.2 Å². The molecule has 4 heteroatoms. The highest BCUT2D eigenvalue weighted by molar-refractivity contribution is 7.11. The maximum atomic E-state index is 11.1. The van der Waals surface area contributed by atoms with Gasteiger partial charge in [0.25, 0.3) is 0 Å². The molecule has 1 heterocycles. The zero-order valence-corrected chi connectivity index (χ0v) is 12.5. The molecule has 0 saturated heterocycles. The maximum absolute atomic E-state index is 11.1. The molecule has 0 saturated carbocycles. The smallest absolute Gasteiger partial charge is 0.344 e. The molecule has 0 aliphatic rings. The van der Waals surface area contributed by atoms with Gasteiger partial charge in [0.05, 0.1) is 0 Å². The van der Waals surface area contributed by atoms with Crippen molar-refractivity contribution >= 4 is 17.3 Å².